The predicted octanol–water partition coefficient (Wildman–Crippen LogP) is 2.15. The third-order valence-electron chi connectivity index (χ3n) is 5.15. The molecule has 0 radical (unpaired) electrons. The number of nitrogens with one attached hydrogen (secondary N) is 1. The molecule has 0 atom stereocenters. The molecular weight excluding hydrogens is 326 g/mol. The van der Waals surface area contributed by atoms with Crippen molar-refractivity contribution in [3.05, 3.63) is 42.0 Å². The fourth-order valence-electron chi connectivity index (χ4n) is 3.40. The number of hydrogen-bond donors (Lipinski definition) is 1. The van der Waals surface area contributed by atoms with E-state index in [0.29, 0.717) is 25.9 Å². The lowest BCUT2D eigenvalue weighted by Gasteiger charge is -2.36. The van der Waals surface area contributed by atoms with Crippen LogP contribution in [0.2, 0.25) is 0 Å². The number of piperazine rings is 1. The Balaban J connectivity index is 1.47. The summed E-state index contributed by atoms with van der Waals surface area (Å²) in [7, 11) is 0. The van der Waals surface area contributed by atoms with Gasteiger partial charge in [0.15, 0.2) is 0 Å². The van der Waals surface area contributed by atoms with Crippen LogP contribution in [0.3, 0.4) is 0 Å². The highest BCUT2D eigenvalue weighted by atomic mass is 16.2. The van der Waals surface area contributed by atoms with E-state index in [4.69, 9.17) is 0 Å². The van der Waals surface area contributed by atoms with Crippen LogP contribution in [0.5, 0.6) is 0 Å². The molecule has 1 saturated heterocycles. The first kappa shape index (κ1) is 18.6. The largest absolute Gasteiger partial charge is 0.353 e. The quantitative estimate of drug-likeness (QED) is 0.796. The lowest BCUT2D eigenvalue weighted by atomic mass is 10.0. The van der Waals surface area contributed by atoms with Gasteiger partial charge in [-0.15, -0.1) is 0 Å². The van der Waals surface area contributed by atoms with Crippen molar-refractivity contribution in [2.75, 3.05) is 32.7 Å². The van der Waals surface area contributed by atoms with Crippen LogP contribution >= 0.6 is 0 Å². The van der Waals surface area contributed by atoms with E-state index < -0.39 is 5.41 Å². The highest BCUT2D eigenvalue weighted by Gasteiger charge is 2.58. The third kappa shape index (κ3) is 4.33. The summed E-state index contributed by atoms with van der Waals surface area (Å²) in [6.45, 7) is 7.86. The summed E-state index contributed by atoms with van der Waals surface area (Å²) in [5.41, 5.74) is 0.424. The maximum atomic E-state index is 12.8. The van der Waals surface area contributed by atoms with E-state index in [2.05, 4.69) is 34.5 Å². The Bertz CT molecular complexity index is 657. The summed E-state index contributed by atoms with van der Waals surface area (Å²) in [4.78, 5) is 29.5. The first-order valence-electron chi connectivity index (χ1n) is 9.55. The summed E-state index contributed by atoms with van der Waals surface area (Å²) in [5.74, 6) is -0.0687. The molecule has 2 amide bonds. The SMILES string of the molecule is CC(C)NC(=O)C1(C(=O)N2CCN(C/C=C/c3ccccc3)CC2)CC1. The van der Waals surface area contributed by atoms with Crippen molar-refractivity contribution < 1.29 is 9.59 Å². The zero-order chi connectivity index (χ0) is 18.6. The zero-order valence-electron chi connectivity index (χ0n) is 15.8. The number of hydrogen-bond acceptors (Lipinski definition) is 3. The minimum atomic E-state index is -0.778. The fourth-order valence-corrected chi connectivity index (χ4v) is 3.40. The monoisotopic (exact) mass is 355 g/mol. The molecule has 5 nitrogen and oxygen atoms in total. The van der Waals surface area contributed by atoms with Gasteiger partial charge in [-0.2, -0.15) is 0 Å². The van der Waals surface area contributed by atoms with Gasteiger partial charge in [-0.25, -0.2) is 0 Å². The maximum absolute atomic E-state index is 12.8. The molecule has 2 aliphatic rings. The van der Waals surface area contributed by atoms with E-state index in [9.17, 15) is 9.59 Å². The third-order valence-corrected chi connectivity index (χ3v) is 5.15. The minimum Gasteiger partial charge on any atom is -0.353 e. The van der Waals surface area contributed by atoms with Crippen molar-refractivity contribution in [1.29, 1.82) is 0 Å². The van der Waals surface area contributed by atoms with Crippen molar-refractivity contribution in [3.8, 4) is 0 Å². The molecule has 1 heterocycles. The van der Waals surface area contributed by atoms with Crippen LogP contribution in [0.1, 0.15) is 32.3 Å². The van der Waals surface area contributed by atoms with Gasteiger partial charge in [-0.05, 0) is 32.3 Å². The Morgan fingerprint density at radius 3 is 2.35 bits per heavy atom. The Hall–Kier alpha value is -2.14. The number of nitrogens with zero attached hydrogens (tertiary/aromatic N) is 2. The van der Waals surface area contributed by atoms with E-state index in [1.54, 1.807) is 0 Å². The van der Waals surface area contributed by atoms with Gasteiger partial charge in [0, 0.05) is 38.8 Å². The average Bonchev–Trinajstić information content (AvgIpc) is 3.44. The molecule has 0 bridgehead atoms. The van der Waals surface area contributed by atoms with Crippen LogP contribution in [0.15, 0.2) is 36.4 Å². The molecule has 0 aromatic heterocycles. The summed E-state index contributed by atoms with van der Waals surface area (Å²) < 4.78 is 0. The normalized spacial score (nSPS) is 19.7. The van der Waals surface area contributed by atoms with Gasteiger partial charge >= 0.3 is 0 Å². The number of rotatable bonds is 6. The smallest absolute Gasteiger partial charge is 0.238 e. The van der Waals surface area contributed by atoms with Crippen molar-refractivity contribution in [2.45, 2.75) is 32.7 Å². The van der Waals surface area contributed by atoms with E-state index in [0.717, 1.165) is 19.6 Å². The van der Waals surface area contributed by atoms with Crippen molar-refractivity contribution in [3.63, 3.8) is 0 Å². The highest BCUT2D eigenvalue weighted by Crippen LogP contribution is 2.47. The molecule has 0 unspecified atom stereocenters. The van der Waals surface area contributed by atoms with Gasteiger partial charge in [0.2, 0.25) is 11.8 Å². The van der Waals surface area contributed by atoms with E-state index in [1.165, 1.54) is 5.56 Å². The molecule has 5 heteroatoms. The van der Waals surface area contributed by atoms with Gasteiger partial charge in [-0.3, -0.25) is 14.5 Å². The van der Waals surface area contributed by atoms with Crippen LogP contribution in [0.4, 0.5) is 0 Å². The average molecular weight is 355 g/mol. The summed E-state index contributed by atoms with van der Waals surface area (Å²) in [6.07, 6.45) is 5.67. The molecule has 26 heavy (non-hydrogen) atoms. The molecule has 3 rings (SSSR count). The molecule has 1 aliphatic heterocycles. The van der Waals surface area contributed by atoms with Crippen LogP contribution in [-0.2, 0) is 9.59 Å². The number of carbonyl (C=O) groups is 2. The van der Waals surface area contributed by atoms with Crippen molar-refractivity contribution in [2.24, 2.45) is 5.41 Å². The Morgan fingerprint density at radius 1 is 1.12 bits per heavy atom. The van der Waals surface area contributed by atoms with E-state index in [1.807, 2.05) is 36.9 Å². The van der Waals surface area contributed by atoms with Crippen LogP contribution in [0, 0.1) is 5.41 Å². The maximum Gasteiger partial charge on any atom is 0.238 e. The zero-order valence-corrected chi connectivity index (χ0v) is 15.8. The minimum absolute atomic E-state index is 0.0233. The number of benzene rings is 1. The van der Waals surface area contributed by atoms with E-state index in [-0.39, 0.29) is 17.9 Å². The molecule has 0 spiro atoms. The molecular formula is C21H29N3O2. The summed E-state index contributed by atoms with van der Waals surface area (Å²) in [6, 6.07) is 10.3. The van der Waals surface area contributed by atoms with Gasteiger partial charge in [0.25, 0.3) is 0 Å². The van der Waals surface area contributed by atoms with Gasteiger partial charge in [0.05, 0.1) is 0 Å². The van der Waals surface area contributed by atoms with Crippen LogP contribution in [-0.4, -0.2) is 60.4 Å². The van der Waals surface area contributed by atoms with Gasteiger partial charge < -0.3 is 10.2 Å². The molecule has 1 N–H and O–H groups in total. The number of amides is 2. The van der Waals surface area contributed by atoms with Gasteiger partial charge in [0.1, 0.15) is 5.41 Å². The second-order valence-electron chi connectivity index (χ2n) is 7.62. The fraction of sp³-hybridized carbons (Fsp3) is 0.524. The van der Waals surface area contributed by atoms with Gasteiger partial charge in [-0.1, -0.05) is 42.5 Å². The van der Waals surface area contributed by atoms with Crippen molar-refractivity contribution in [1.82, 2.24) is 15.1 Å². The topological polar surface area (TPSA) is 52.7 Å². The predicted molar refractivity (Wildman–Crippen MR) is 103 cm³/mol. The Morgan fingerprint density at radius 2 is 1.77 bits per heavy atom. The first-order chi connectivity index (χ1) is 12.5. The second-order valence-corrected chi connectivity index (χ2v) is 7.62. The van der Waals surface area contributed by atoms with Crippen LogP contribution < -0.4 is 5.32 Å². The lowest BCUT2D eigenvalue weighted by molar-refractivity contribution is -0.145. The molecule has 2 fully saturated rings. The standard InChI is InChI=1S/C21H29N3O2/c1-17(2)22-19(25)21(10-11-21)20(26)24-15-13-23(14-16-24)12-6-9-18-7-4-3-5-8-18/h3-9,17H,10-16H2,1-2H3,(H,22,25)/b9-6+. The Kier molecular flexibility index (Phi) is 5.77. The molecule has 1 aliphatic carbocycles. The van der Waals surface area contributed by atoms with Crippen LogP contribution in [0.25, 0.3) is 6.08 Å². The molecule has 1 saturated carbocycles. The lowest BCUT2D eigenvalue weighted by Crippen LogP contribution is -2.53. The Labute approximate surface area is 156 Å². The second kappa shape index (κ2) is 8.04. The van der Waals surface area contributed by atoms with Crippen molar-refractivity contribution >= 4 is 17.9 Å². The summed E-state index contributed by atoms with van der Waals surface area (Å²) >= 11 is 0. The molecule has 1 aromatic rings. The molecule has 1 aromatic carbocycles. The first-order valence-corrected chi connectivity index (χ1v) is 9.55. The van der Waals surface area contributed by atoms with E-state index >= 15 is 0 Å². The molecule has 140 valence electrons. The summed E-state index contributed by atoms with van der Waals surface area (Å²) in [5, 5.41) is 2.91. The highest BCUT2D eigenvalue weighted by molar-refractivity contribution is 6.08. The number of carbonyl (C=O) groups excluding carboxylic acids is 2.